The quantitative estimate of drug-likeness (QED) is 0.654. The molecule has 2 N–H and O–H groups in total. The highest BCUT2D eigenvalue weighted by Crippen LogP contribution is 2.28. The molecule has 3 heterocycles. The molecule has 134 valence electrons. The van der Waals surface area contributed by atoms with E-state index in [-0.39, 0.29) is 18.1 Å². The first-order chi connectivity index (χ1) is 12.4. The summed E-state index contributed by atoms with van der Waals surface area (Å²) in [7, 11) is 0. The van der Waals surface area contributed by atoms with Crippen LogP contribution in [-0.4, -0.2) is 32.8 Å². The van der Waals surface area contributed by atoms with Gasteiger partial charge in [-0.05, 0) is 25.5 Å². The molecule has 0 saturated heterocycles. The molecule has 0 saturated carbocycles. The number of carbonyl (C=O) groups is 2. The Morgan fingerprint density at radius 1 is 1.19 bits per heavy atom. The van der Waals surface area contributed by atoms with Gasteiger partial charge in [-0.3, -0.25) is 9.59 Å². The van der Waals surface area contributed by atoms with Crippen LogP contribution >= 0.6 is 0 Å². The number of imidazole rings is 1. The number of para-hydroxylation sites is 1. The molecule has 0 aliphatic carbocycles. The third-order valence-electron chi connectivity index (χ3n) is 5.06. The van der Waals surface area contributed by atoms with Crippen LogP contribution in [0.25, 0.3) is 10.9 Å². The normalized spacial score (nSPS) is 17.8. The van der Waals surface area contributed by atoms with E-state index in [9.17, 15) is 9.59 Å². The van der Waals surface area contributed by atoms with Gasteiger partial charge in [-0.25, -0.2) is 4.98 Å². The number of rotatable bonds is 0. The smallest absolute Gasteiger partial charge is 0.224 e. The summed E-state index contributed by atoms with van der Waals surface area (Å²) in [5, 5.41) is 3.87. The second kappa shape index (κ2) is 6.12. The summed E-state index contributed by atoms with van der Waals surface area (Å²) in [5.41, 5.74) is 2.71. The van der Waals surface area contributed by atoms with E-state index in [1.54, 1.807) is 6.33 Å². The van der Waals surface area contributed by atoms with Gasteiger partial charge in [0.25, 0.3) is 0 Å². The third kappa shape index (κ3) is 2.92. The Labute approximate surface area is 151 Å². The Balaban J connectivity index is 1.82. The van der Waals surface area contributed by atoms with E-state index in [2.05, 4.69) is 15.3 Å². The average molecular weight is 350 g/mol. The molecule has 0 unspecified atom stereocenters. The number of hydrogen-bond acceptors (Lipinski definition) is 3. The summed E-state index contributed by atoms with van der Waals surface area (Å²) in [5.74, 6) is -0.0785. The number of amides is 1. The molecule has 2 aromatic heterocycles. The largest absolute Gasteiger partial charge is 0.355 e. The van der Waals surface area contributed by atoms with Crippen molar-refractivity contribution in [1.29, 1.82) is 0 Å². The Kier molecular flexibility index (Phi) is 3.90. The van der Waals surface area contributed by atoms with Crippen molar-refractivity contribution < 1.29 is 9.59 Å². The number of ketones is 1. The SMILES string of the molecule is CC1(C)CC(=O)c2[nH]c3ccccc3c2CC(=O)NCCc2cn1cn2. The lowest BCUT2D eigenvalue weighted by Gasteiger charge is -2.25. The summed E-state index contributed by atoms with van der Waals surface area (Å²) < 4.78 is 1.99. The zero-order valence-electron chi connectivity index (χ0n) is 15.0. The number of nitrogens with zero attached hydrogens (tertiary/aromatic N) is 2. The summed E-state index contributed by atoms with van der Waals surface area (Å²) in [6, 6.07) is 7.74. The number of nitrogens with one attached hydrogen (secondary N) is 2. The monoisotopic (exact) mass is 350 g/mol. The van der Waals surface area contributed by atoms with Gasteiger partial charge in [0, 0.05) is 42.0 Å². The highest BCUT2D eigenvalue weighted by atomic mass is 16.1. The lowest BCUT2D eigenvalue weighted by molar-refractivity contribution is -0.120. The molecular formula is C20H22N4O2. The summed E-state index contributed by atoms with van der Waals surface area (Å²) in [6.45, 7) is 4.59. The third-order valence-corrected chi connectivity index (χ3v) is 5.06. The van der Waals surface area contributed by atoms with Crippen LogP contribution in [0.4, 0.5) is 0 Å². The van der Waals surface area contributed by atoms with Crippen LogP contribution in [0.3, 0.4) is 0 Å². The van der Waals surface area contributed by atoms with Crippen LogP contribution in [0.1, 0.15) is 42.0 Å². The fraction of sp³-hybridized carbons (Fsp3) is 0.350. The topological polar surface area (TPSA) is 79.8 Å². The van der Waals surface area contributed by atoms with Gasteiger partial charge in [-0.2, -0.15) is 0 Å². The lowest BCUT2D eigenvalue weighted by atomic mass is 9.94. The molecule has 26 heavy (non-hydrogen) atoms. The van der Waals surface area contributed by atoms with E-state index in [4.69, 9.17) is 0 Å². The fourth-order valence-electron chi connectivity index (χ4n) is 3.57. The Morgan fingerprint density at radius 3 is 2.85 bits per heavy atom. The van der Waals surface area contributed by atoms with Gasteiger partial charge in [-0.15, -0.1) is 0 Å². The summed E-state index contributed by atoms with van der Waals surface area (Å²) in [4.78, 5) is 33.2. The molecule has 1 aromatic carbocycles. The number of hydrogen-bond donors (Lipinski definition) is 2. The highest BCUT2D eigenvalue weighted by molar-refractivity contribution is 6.04. The van der Waals surface area contributed by atoms with E-state index in [1.165, 1.54) is 0 Å². The summed E-state index contributed by atoms with van der Waals surface area (Å²) >= 11 is 0. The number of benzene rings is 1. The number of fused-ring (bicyclic) bond motifs is 5. The first kappa shape index (κ1) is 16.6. The van der Waals surface area contributed by atoms with Gasteiger partial charge in [-0.1, -0.05) is 18.2 Å². The van der Waals surface area contributed by atoms with Gasteiger partial charge in [0.2, 0.25) is 5.91 Å². The zero-order chi connectivity index (χ0) is 18.3. The van der Waals surface area contributed by atoms with E-state index in [1.807, 2.05) is 48.9 Å². The Hall–Kier alpha value is -2.89. The maximum atomic E-state index is 13.1. The van der Waals surface area contributed by atoms with Gasteiger partial charge >= 0.3 is 0 Å². The van der Waals surface area contributed by atoms with E-state index in [0.29, 0.717) is 25.1 Å². The van der Waals surface area contributed by atoms with Crippen molar-refractivity contribution in [3.05, 3.63) is 53.7 Å². The predicted molar refractivity (Wildman–Crippen MR) is 99.2 cm³/mol. The van der Waals surface area contributed by atoms with Gasteiger partial charge in [0.1, 0.15) is 0 Å². The van der Waals surface area contributed by atoms with Crippen molar-refractivity contribution in [3.8, 4) is 0 Å². The molecule has 0 fully saturated rings. The van der Waals surface area contributed by atoms with Crippen molar-refractivity contribution in [1.82, 2.24) is 19.9 Å². The van der Waals surface area contributed by atoms with Crippen LogP contribution in [0.5, 0.6) is 0 Å². The average Bonchev–Trinajstić information content (AvgIpc) is 3.20. The number of Topliss-reactive ketones (excluding diaryl/α,β-unsaturated/α-hetero) is 1. The van der Waals surface area contributed by atoms with E-state index in [0.717, 1.165) is 22.2 Å². The molecular weight excluding hydrogens is 328 g/mol. The van der Waals surface area contributed by atoms with E-state index >= 15 is 0 Å². The Bertz CT molecular complexity index is 996. The molecule has 0 radical (unpaired) electrons. The standard InChI is InChI=1S/C20H22N4O2/c1-20(2)10-17(25)19-15(14-5-3-4-6-16(14)23-19)9-18(26)21-8-7-13-11-24(20)12-22-13/h3-6,11-12,23H,7-10H2,1-2H3,(H,21,26). The van der Waals surface area contributed by atoms with Crippen LogP contribution in [0, 0.1) is 0 Å². The number of aromatic nitrogens is 3. The van der Waals surface area contributed by atoms with Crippen LogP contribution in [0.2, 0.25) is 0 Å². The number of H-pyrrole nitrogens is 1. The number of carbonyl (C=O) groups excluding carboxylic acids is 2. The molecule has 2 bridgehead atoms. The van der Waals surface area contributed by atoms with Crippen molar-refractivity contribution in [2.45, 2.75) is 38.6 Å². The first-order valence-electron chi connectivity index (χ1n) is 8.87. The van der Waals surface area contributed by atoms with Crippen LogP contribution in [-0.2, 0) is 23.2 Å². The van der Waals surface area contributed by atoms with Gasteiger partial charge < -0.3 is 14.9 Å². The minimum atomic E-state index is -0.400. The maximum Gasteiger partial charge on any atom is 0.224 e. The van der Waals surface area contributed by atoms with Gasteiger partial charge in [0.15, 0.2) is 5.78 Å². The molecule has 3 aromatic rings. The first-order valence-corrected chi connectivity index (χ1v) is 8.87. The van der Waals surface area contributed by atoms with Crippen molar-refractivity contribution in [2.24, 2.45) is 0 Å². The van der Waals surface area contributed by atoms with Gasteiger partial charge in [0.05, 0.1) is 24.1 Å². The van der Waals surface area contributed by atoms with Crippen molar-refractivity contribution in [2.75, 3.05) is 6.54 Å². The second-order valence-electron chi connectivity index (χ2n) is 7.49. The zero-order valence-corrected chi connectivity index (χ0v) is 15.0. The highest BCUT2D eigenvalue weighted by Gasteiger charge is 2.28. The number of aromatic amines is 1. The predicted octanol–water partition coefficient (Wildman–Crippen LogP) is 2.59. The maximum absolute atomic E-state index is 13.1. The van der Waals surface area contributed by atoms with Crippen LogP contribution < -0.4 is 5.32 Å². The Morgan fingerprint density at radius 2 is 2.00 bits per heavy atom. The molecule has 0 atom stereocenters. The lowest BCUT2D eigenvalue weighted by Crippen LogP contribution is -2.29. The summed E-state index contributed by atoms with van der Waals surface area (Å²) in [6.07, 6.45) is 4.91. The molecule has 4 rings (SSSR count). The fourth-order valence-corrected chi connectivity index (χ4v) is 3.57. The molecule has 6 heteroatoms. The van der Waals surface area contributed by atoms with Crippen molar-refractivity contribution in [3.63, 3.8) is 0 Å². The molecule has 0 spiro atoms. The van der Waals surface area contributed by atoms with E-state index < -0.39 is 5.54 Å². The minimum Gasteiger partial charge on any atom is -0.355 e. The molecule has 1 aliphatic heterocycles. The minimum absolute atomic E-state index is 0.00324. The molecule has 1 amide bonds. The molecule has 6 nitrogen and oxygen atoms in total. The molecule has 1 aliphatic rings. The van der Waals surface area contributed by atoms with Crippen molar-refractivity contribution >= 4 is 22.6 Å². The second-order valence-corrected chi connectivity index (χ2v) is 7.49. The van der Waals surface area contributed by atoms with Crippen LogP contribution in [0.15, 0.2) is 36.8 Å².